The molecule has 0 aliphatic carbocycles. The van der Waals surface area contributed by atoms with Crippen molar-refractivity contribution in [2.24, 2.45) is 0 Å². The first-order chi connectivity index (χ1) is 7.68. The number of carbonyl (C=O) groups is 2. The lowest BCUT2D eigenvalue weighted by Crippen LogP contribution is -2.50. The van der Waals surface area contributed by atoms with Gasteiger partial charge in [0.15, 0.2) is 0 Å². The summed E-state index contributed by atoms with van der Waals surface area (Å²) in [7, 11) is 0. The van der Waals surface area contributed by atoms with Crippen LogP contribution in [-0.2, 0) is 4.79 Å². The van der Waals surface area contributed by atoms with E-state index >= 15 is 0 Å². The van der Waals surface area contributed by atoms with E-state index in [9.17, 15) is 9.59 Å². The van der Waals surface area contributed by atoms with E-state index in [1.54, 1.807) is 6.07 Å². The summed E-state index contributed by atoms with van der Waals surface area (Å²) in [6, 6.07) is 1.55. The third-order valence-electron chi connectivity index (χ3n) is 2.33. The fourth-order valence-corrected chi connectivity index (χ4v) is 1.73. The number of nitrogens with one attached hydrogen (secondary N) is 1. The Morgan fingerprint density at radius 3 is 3.06 bits per heavy atom. The van der Waals surface area contributed by atoms with E-state index in [4.69, 9.17) is 11.6 Å². The molecule has 84 valence electrons. The SMILES string of the molecule is O=C1CN(C(=O)c2ccncc2Cl)CCN1. The topological polar surface area (TPSA) is 62.3 Å². The standard InChI is InChI=1S/C10H10ClN3O2/c11-8-5-12-2-1-7(8)10(16)14-4-3-13-9(15)6-14/h1-2,5H,3-4,6H2,(H,13,15). The summed E-state index contributed by atoms with van der Waals surface area (Å²) in [5.41, 5.74) is 0.381. The van der Waals surface area contributed by atoms with E-state index in [2.05, 4.69) is 10.3 Å². The van der Waals surface area contributed by atoms with Crippen molar-refractivity contribution >= 4 is 23.4 Å². The maximum absolute atomic E-state index is 12.0. The molecule has 2 rings (SSSR count). The zero-order valence-corrected chi connectivity index (χ0v) is 9.20. The van der Waals surface area contributed by atoms with Gasteiger partial charge in [-0.2, -0.15) is 0 Å². The Morgan fingerprint density at radius 2 is 2.38 bits per heavy atom. The van der Waals surface area contributed by atoms with Crippen molar-refractivity contribution in [1.29, 1.82) is 0 Å². The number of pyridine rings is 1. The van der Waals surface area contributed by atoms with Gasteiger partial charge in [-0.3, -0.25) is 14.6 Å². The molecular formula is C10H10ClN3O2. The Kier molecular flexibility index (Phi) is 3.05. The Morgan fingerprint density at radius 1 is 1.56 bits per heavy atom. The summed E-state index contributed by atoms with van der Waals surface area (Å²) in [5.74, 6) is -0.382. The molecule has 0 saturated carbocycles. The number of nitrogens with zero attached hydrogens (tertiary/aromatic N) is 2. The van der Waals surface area contributed by atoms with E-state index in [1.165, 1.54) is 17.3 Å². The number of carbonyl (C=O) groups excluding carboxylic acids is 2. The van der Waals surface area contributed by atoms with Gasteiger partial charge in [-0.05, 0) is 6.07 Å². The van der Waals surface area contributed by atoms with Gasteiger partial charge >= 0.3 is 0 Å². The van der Waals surface area contributed by atoms with Crippen LogP contribution in [-0.4, -0.2) is 41.3 Å². The molecule has 0 spiro atoms. The summed E-state index contributed by atoms with van der Waals surface area (Å²) in [6.07, 6.45) is 2.92. The minimum atomic E-state index is -0.234. The largest absolute Gasteiger partial charge is 0.353 e. The molecule has 16 heavy (non-hydrogen) atoms. The second kappa shape index (κ2) is 4.49. The van der Waals surface area contributed by atoms with Gasteiger partial charge in [0.05, 0.1) is 17.1 Å². The van der Waals surface area contributed by atoms with Gasteiger partial charge in [0.1, 0.15) is 0 Å². The molecule has 2 amide bonds. The molecule has 0 aromatic carbocycles. The lowest BCUT2D eigenvalue weighted by Gasteiger charge is -2.26. The third kappa shape index (κ3) is 2.14. The van der Waals surface area contributed by atoms with Gasteiger partial charge in [-0.15, -0.1) is 0 Å². The minimum Gasteiger partial charge on any atom is -0.353 e. The van der Waals surface area contributed by atoms with Crippen molar-refractivity contribution in [3.05, 3.63) is 29.0 Å². The van der Waals surface area contributed by atoms with Crippen LogP contribution in [0.5, 0.6) is 0 Å². The van der Waals surface area contributed by atoms with Crippen molar-refractivity contribution in [3.8, 4) is 0 Å². The average Bonchev–Trinajstić information content (AvgIpc) is 2.29. The molecular weight excluding hydrogens is 230 g/mol. The maximum atomic E-state index is 12.0. The lowest BCUT2D eigenvalue weighted by molar-refractivity contribution is -0.123. The minimum absolute atomic E-state index is 0.0808. The Labute approximate surface area is 97.4 Å². The molecule has 5 nitrogen and oxygen atoms in total. The van der Waals surface area contributed by atoms with E-state index in [-0.39, 0.29) is 18.4 Å². The number of rotatable bonds is 1. The van der Waals surface area contributed by atoms with Gasteiger partial charge in [-0.25, -0.2) is 0 Å². The highest BCUT2D eigenvalue weighted by Crippen LogP contribution is 2.16. The van der Waals surface area contributed by atoms with Gasteiger partial charge in [0, 0.05) is 25.5 Å². The molecule has 1 saturated heterocycles. The highest BCUT2D eigenvalue weighted by Gasteiger charge is 2.23. The fraction of sp³-hybridized carbons (Fsp3) is 0.300. The van der Waals surface area contributed by atoms with Crippen molar-refractivity contribution in [1.82, 2.24) is 15.2 Å². The van der Waals surface area contributed by atoms with E-state index < -0.39 is 0 Å². The van der Waals surface area contributed by atoms with Crippen LogP contribution in [0.2, 0.25) is 5.02 Å². The van der Waals surface area contributed by atoms with Crippen molar-refractivity contribution < 1.29 is 9.59 Å². The Bertz CT molecular complexity index is 436. The zero-order valence-electron chi connectivity index (χ0n) is 8.44. The quantitative estimate of drug-likeness (QED) is 0.767. The lowest BCUT2D eigenvalue weighted by atomic mass is 10.2. The highest BCUT2D eigenvalue weighted by molar-refractivity contribution is 6.33. The van der Waals surface area contributed by atoms with Gasteiger partial charge in [0.2, 0.25) is 5.91 Å². The van der Waals surface area contributed by atoms with Crippen LogP contribution in [0, 0.1) is 0 Å². The van der Waals surface area contributed by atoms with E-state index in [0.29, 0.717) is 23.7 Å². The van der Waals surface area contributed by atoms with Gasteiger partial charge < -0.3 is 10.2 Å². The summed E-state index contributed by atoms with van der Waals surface area (Å²) in [4.78, 5) is 28.4. The molecule has 1 aromatic rings. The van der Waals surface area contributed by atoms with Crippen LogP contribution in [0.3, 0.4) is 0 Å². The number of amides is 2. The molecule has 1 aromatic heterocycles. The molecule has 0 bridgehead atoms. The summed E-state index contributed by atoms with van der Waals surface area (Å²) in [6.45, 7) is 1.06. The number of hydrogen-bond donors (Lipinski definition) is 1. The van der Waals surface area contributed by atoms with Crippen LogP contribution in [0.15, 0.2) is 18.5 Å². The Balaban J connectivity index is 2.19. The number of aromatic nitrogens is 1. The molecule has 0 atom stereocenters. The fourth-order valence-electron chi connectivity index (χ4n) is 1.53. The van der Waals surface area contributed by atoms with E-state index in [1.807, 2.05) is 0 Å². The first-order valence-corrected chi connectivity index (χ1v) is 5.22. The summed E-state index contributed by atoms with van der Waals surface area (Å²) < 4.78 is 0. The van der Waals surface area contributed by atoms with E-state index in [0.717, 1.165) is 0 Å². The predicted molar refractivity (Wildman–Crippen MR) is 58.2 cm³/mol. The van der Waals surface area contributed by atoms with Crippen molar-refractivity contribution in [2.75, 3.05) is 19.6 Å². The average molecular weight is 240 g/mol. The van der Waals surface area contributed by atoms with Crippen molar-refractivity contribution in [2.45, 2.75) is 0 Å². The van der Waals surface area contributed by atoms with Crippen LogP contribution < -0.4 is 5.32 Å². The normalized spacial score (nSPS) is 15.8. The third-order valence-corrected chi connectivity index (χ3v) is 2.63. The molecule has 6 heteroatoms. The molecule has 1 N–H and O–H groups in total. The zero-order chi connectivity index (χ0) is 11.5. The molecule has 0 radical (unpaired) electrons. The first-order valence-electron chi connectivity index (χ1n) is 4.84. The molecule has 2 heterocycles. The predicted octanol–water partition coefficient (Wildman–Crippen LogP) is 0.307. The smallest absolute Gasteiger partial charge is 0.256 e. The number of piperazine rings is 1. The molecule has 1 aliphatic heterocycles. The second-order valence-corrected chi connectivity index (χ2v) is 3.84. The summed E-state index contributed by atoms with van der Waals surface area (Å²) >= 11 is 5.86. The number of hydrogen-bond acceptors (Lipinski definition) is 3. The highest BCUT2D eigenvalue weighted by atomic mass is 35.5. The Hall–Kier alpha value is -1.62. The molecule has 0 unspecified atom stereocenters. The van der Waals surface area contributed by atoms with Crippen molar-refractivity contribution in [3.63, 3.8) is 0 Å². The molecule has 1 fully saturated rings. The number of halogens is 1. The second-order valence-electron chi connectivity index (χ2n) is 3.43. The van der Waals surface area contributed by atoms with Gasteiger partial charge in [0.25, 0.3) is 5.91 Å². The van der Waals surface area contributed by atoms with Gasteiger partial charge in [-0.1, -0.05) is 11.6 Å². The first kappa shape index (κ1) is 10.9. The maximum Gasteiger partial charge on any atom is 0.256 e. The molecule has 1 aliphatic rings. The van der Waals surface area contributed by atoms with Crippen LogP contribution in [0.1, 0.15) is 10.4 Å². The van der Waals surface area contributed by atoms with Crippen LogP contribution in [0.25, 0.3) is 0 Å². The van der Waals surface area contributed by atoms with Crippen LogP contribution in [0.4, 0.5) is 0 Å². The summed E-state index contributed by atoms with van der Waals surface area (Å²) in [5, 5.41) is 2.96. The monoisotopic (exact) mass is 239 g/mol. The van der Waals surface area contributed by atoms with Crippen LogP contribution >= 0.6 is 11.6 Å².